The van der Waals surface area contributed by atoms with E-state index >= 15 is 0 Å². The fraction of sp³-hybridized carbons (Fsp3) is 0.538. The first-order valence-electron chi connectivity index (χ1n) is 6.17. The van der Waals surface area contributed by atoms with Crippen LogP contribution in [0.15, 0.2) is 17.0 Å². The number of hydrogen-bond donors (Lipinski definition) is 2. The zero-order valence-electron chi connectivity index (χ0n) is 11.9. The number of sulfonamides is 1. The van der Waals surface area contributed by atoms with Gasteiger partial charge in [-0.2, -0.15) is 11.8 Å². The topological polar surface area (TPSA) is 72.2 Å². The van der Waals surface area contributed by atoms with Crippen LogP contribution < -0.4 is 10.5 Å². The summed E-state index contributed by atoms with van der Waals surface area (Å²) in [5, 5.41) is 0.436. The minimum Gasteiger partial charge on any atom is -0.398 e. The van der Waals surface area contributed by atoms with Gasteiger partial charge in [0.25, 0.3) is 0 Å². The Labute approximate surface area is 120 Å². The van der Waals surface area contributed by atoms with Gasteiger partial charge in [-0.1, -0.05) is 6.92 Å². The Morgan fingerprint density at radius 1 is 1.37 bits per heavy atom. The Bertz CT molecular complexity index is 542. The summed E-state index contributed by atoms with van der Waals surface area (Å²) >= 11 is 1.72. The van der Waals surface area contributed by atoms with Crippen LogP contribution in [-0.2, 0) is 10.0 Å². The lowest BCUT2D eigenvalue weighted by molar-refractivity contribution is 0.578. The third kappa shape index (κ3) is 4.40. The van der Waals surface area contributed by atoms with Crippen LogP contribution in [-0.4, -0.2) is 26.5 Å². The molecule has 0 saturated carbocycles. The van der Waals surface area contributed by atoms with Gasteiger partial charge in [0.05, 0.1) is 4.90 Å². The van der Waals surface area contributed by atoms with Gasteiger partial charge in [0.1, 0.15) is 0 Å². The van der Waals surface area contributed by atoms with Gasteiger partial charge in [-0.25, -0.2) is 13.1 Å². The lowest BCUT2D eigenvalue weighted by atomic mass is 10.1. The molecule has 3 N–H and O–H groups in total. The molecule has 1 aromatic rings. The fourth-order valence-corrected chi connectivity index (χ4v) is 3.48. The molecule has 0 spiro atoms. The molecule has 0 fully saturated rings. The molecular weight excluding hydrogens is 280 g/mol. The predicted octanol–water partition coefficient (Wildman–Crippen LogP) is 2.31. The van der Waals surface area contributed by atoms with Crippen molar-refractivity contribution in [3.63, 3.8) is 0 Å². The van der Waals surface area contributed by atoms with Gasteiger partial charge in [-0.15, -0.1) is 0 Å². The molecule has 1 rings (SSSR count). The first-order valence-corrected chi connectivity index (χ1v) is 8.94. The second-order valence-electron chi connectivity index (χ2n) is 4.71. The highest BCUT2D eigenvalue weighted by Gasteiger charge is 2.18. The van der Waals surface area contributed by atoms with Crippen LogP contribution in [0.2, 0.25) is 0 Å². The van der Waals surface area contributed by atoms with Crippen LogP contribution in [0.3, 0.4) is 0 Å². The van der Waals surface area contributed by atoms with Gasteiger partial charge in [-0.3, -0.25) is 0 Å². The lowest BCUT2D eigenvalue weighted by Crippen LogP contribution is -2.27. The number of aryl methyl sites for hydroxylation is 1. The molecule has 19 heavy (non-hydrogen) atoms. The molecule has 1 unspecified atom stereocenters. The van der Waals surface area contributed by atoms with Crippen molar-refractivity contribution >= 4 is 27.5 Å². The number of anilines is 1. The highest BCUT2D eigenvalue weighted by molar-refractivity contribution is 7.99. The average Bonchev–Trinajstić information content (AvgIpc) is 2.33. The van der Waals surface area contributed by atoms with Crippen molar-refractivity contribution in [3.05, 3.63) is 23.3 Å². The molecule has 108 valence electrons. The Hall–Kier alpha value is -0.720. The number of rotatable bonds is 6. The molecule has 1 aromatic carbocycles. The Morgan fingerprint density at radius 2 is 2.00 bits per heavy atom. The number of hydrogen-bond acceptors (Lipinski definition) is 4. The maximum Gasteiger partial charge on any atom is 0.240 e. The highest BCUT2D eigenvalue weighted by Crippen LogP contribution is 2.23. The van der Waals surface area contributed by atoms with E-state index in [1.54, 1.807) is 30.8 Å². The first kappa shape index (κ1) is 16.3. The molecule has 0 bridgehead atoms. The monoisotopic (exact) mass is 302 g/mol. The molecular formula is C13H22N2O2S2. The molecule has 0 saturated heterocycles. The zero-order chi connectivity index (χ0) is 14.6. The summed E-state index contributed by atoms with van der Waals surface area (Å²) in [7, 11) is -3.48. The quantitative estimate of drug-likeness (QED) is 0.791. The summed E-state index contributed by atoms with van der Waals surface area (Å²) < 4.78 is 27.1. The number of nitrogens with one attached hydrogen (secondary N) is 1. The van der Waals surface area contributed by atoms with Crippen molar-refractivity contribution in [2.75, 3.05) is 18.5 Å². The lowest BCUT2D eigenvalue weighted by Gasteiger charge is -2.13. The maximum atomic E-state index is 12.3. The fourth-order valence-electron chi connectivity index (χ4n) is 1.72. The molecule has 6 heteroatoms. The summed E-state index contributed by atoms with van der Waals surface area (Å²) in [4.78, 5) is 0.279. The van der Waals surface area contributed by atoms with Gasteiger partial charge >= 0.3 is 0 Å². The van der Waals surface area contributed by atoms with E-state index in [0.29, 0.717) is 23.0 Å². The van der Waals surface area contributed by atoms with Crippen LogP contribution in [0.1, 0.15) is 24.5 Å². The Balaban J connectivity index is 2.89. The third-order valence-corrected chi connectivity index (χ3v) is 5.71. The second kappa shape index (κ2) is 6.63. The predicted molar refractivity (Wildman–Crippen MR) is 83.1 cm³/mol. The van der Waals surface area contributed by atoms with Crippen molar-refractivity contribution in [1.29, 1.82) is 0 Å². The van der Waals surface area contributed by atoms with Crippen LogP contribution in [0.5, 0.6) is 0 Å². The van der Waals surface area contributed by atoms with Crippen molar-refractivity contribution in [2.45, 2.75) is 37.3 Å². The van der Waals surface area contributed by atoms with E-state index < -0.39 is 10.0 Å². The molecule has 0 amide bonds. The standard InChI is InChI=1S/C13H22N2O2S2/c1-9-7-12(14)11(3)13(8-9)19(16,17)15-6-5-10(2)18-4/h7-8,10,15H,5-6,14H2,1-4H3. The molecule has 4 nitrogen and oxygen atoms in total. The van der Waals surface area contributed by atoms with Crippen LogP contribution in [0, 0.1) is 13.8 Å². The van der Waals surface area contributed by atoms with Gasteiger partial charge in [-0.05, 0) is 49.8 Å². The Morgan fingerprint density at radius 3 is 2.58 bits per heavy atom. The van der Waals surface area contributed by atoms with Crippen LogP contribution in [0.4, 0.5) is 5.69 Å². The summed E-state index contributed by atoms with van der Waals surface area (Å²) in [6.07, 6.45) is 2.82. The summed E-state index contributed by atoms with van der Waals surface area (Å²) in [6, 6.07) is 3.44. The highest BCUT2D eigenvalue weighted by atomic mass is 32.2. The molecule has 1 atom stereocenters. The molecule has 0 aliphatic carbocycles. The van der Waals surface area contributed by atoms with E-state index in [1.165, 1.54) is 0 Å². The third-order valence-electron chi connectivity index (χ3n) is 3.08. The van der Waals surface area contributed by atoms with E-state index in [9.17, 15) is 8.42 Å². The van der Waals surface area contributed by atoms with E-state index in [0.717, 1.165) is 12.0 Å². The SMILES string of the molecule is CSC(C)CCNS(=O)(=O)c1cc(C)cc(N)c1C. The maximum absolute atomic E-state index is 12.3. The molecule has 0 aromatic heterocycles. The zero-order valence-corrected chi connectivity index (χ0v) is 13.5. The van der Waals surface area contributed by atoms with Crippen molar-refractivity contribution in [2.24, 2.45) is 0 Å². The van der Waals surface area contributed by atoms with Crippen LogP contribution in [0.25, 0.3) is 0 Å². The second-order valence-corrected chi connectivity index (χ2v) is 7.72. The largest absolute Gasteiger partial charge is 0.398 e. The van der Waals surface area contributed by atoms with E-state index in [-0.39, 0.29) is 4.90 Å². The molecule has 0 radical (unpaired) electrons. The minimum absolute atomic E-state index is 0.279. The summed E-state index contributed by atoms with van der Waals surface area (Å²) in [5.74, 6) is 0. The van der Waals surface area contributed by atoms with Gasteiger partial charge in [0.2, 0.25) is 10.0 Å². The van der Waals surface area contributed by atoms with Crippen LogP contribution >= 0.6 is 11.8 Å². The van der Waals surface area contributed by atoms with Gasteiger partial charge in [0.15, 0.2) is 0 Å². The number of thioether (sulfide) groups is 1. The molecule has 0 aliphatic heterocycles. The van der Waals surface area contributed by atoms with Crippen molar-refractivity contribution in [1.82, 2.24) is 4.72 Å². The van der Waals surface area contributed by atoms with Crippen molar-refractivity contribution < 1.29 is 8.42 Å². The normalized spacial score (nSPS) is 13.5. The number of benzene rings is 1. The summed E-state index contributed by atoms with van der Waals surface area (Å²) in [5.41, 5.74) is 7.79. The van der Waals surface area contributed by atoms with Crippen molar-refractivity contribution in [3.8, 4) is 0 Å². The Kier molecular flexibility index (Phi) is 5.70. The van der Waals surface area contributed by atoms with E-state index in [1.807, 2.05) is 13.2 Å². The summed E-state index contributed by atoms with van der Waals surface area (Å²) in [6.45, 7) is 6.09. The van der Waals surface area contributed by atoms with E-state index in [4.69, 9.17) is 5.73 Å². The number of nitrogen functional groups attached to an aromatic ring is 1. The average molecular weight is 302 g/mol. The molecule has 0 aliphatic rings. The minimum atomic E-state index is -3.48. The smallest absolute Gasteiger partial charge is 0.240 e. The first-order chi connectivity index (χ1) is 8.77. The number of nitrogens with two attached hydrogens (primary N) is 1. The molecule has 0 heterocycles. The van der Waals surface area contributed by atoms with E-state index in [2.05, 4.69) is 11.6 Å². The van der Waals surface area contributed by atoms with Gasteiger partial charge in [0, 0.05) is 17.5 Å². The van der Waals surface area contributed by atoms with Gasteiger partial charge < -0.3 is 5.73 Å².